The van der Waals surface area contributed by atoms with Gasteiger partial charge in [-0.2, -0.15) is 0 Å². The van der Waals surface area contributed by atoms with E-state index in [1.54, 1.807) is 6.20 Å². The van der Waals surface area contributed by atoms with Gasteiger partial charge >= 0.3 is 5.97 Å². The molecule has 0 saturated heterocycles. The molecule has 0 unspecified atom stereocenters. The fraction of sp³-hybridized carbons (Fsp3) is 0.545. The molecule has 0 aromatic carbocycles. The first-order valence-electron chi connectivity index (χ1n) is 5.39. The van der Waals surface area contributed by atoms with Crippen LogP contribution >= 0.6 is 11.8 Å². The number of methoxy groups -OCH3 is 1. The first-order valence-corrected chi connectivity index (χ1v) is 6.37. The van der Waals surface area contributed by atoms with E-state index in [2.05, 4.69) is 14.7 Å². The van der Waals surface area contributed by atoms with E-state index in [0.29, 0.717) is 11.4 Å². The Morgan fingerprint density at radius 1 is 1.65 bits per heavy atom. The number of hydrogen-bond donors (Lipinski definition) is 1. The van der Waals surface area contributed by atoms with Gasteiger partial charge in [0.2, 0.25) is 0 Å². The minimum Gasteiger partial charge on any atom is -0.469 e. The van der Waals surface area contributed by atoms with Crippen LogP contribution in [0.15, 0.2) is 22.2 Å². The number of thioether (sulfide) groups is 1. The summed E-state index contributed by atoms with van der Waals surface area (Å²) in [4.78, 5) is 29.2. The van der Waals surface area contributed by atoms with E-state index in [1.165, 1.54) is 25.1 Å². The van der Waals surface area contributed by atoms with Gasteiger partial charge in [-0.1, -0.05) is 0 Å². The average molecular weight is 254 g/mol. The lowest BCUT2D eigenvalue weighted by molar-refractivity contribution is -0.141. The maximum absolute atomic E-state index is 11.4. The van der Waals surface area contributed by atoms with Crippen molar-refractivity contribution in [1.29, 1.82) is 0 Å². The second-order valence-corrected chi connectivity index (χ2v) is 5.23. The van der Waals surface area contributed by atoms with Gasteiger partial charge < -0.3 is 9.72 Å². The van der Waals surface area contributed by atoms with Crippen LogP contribution in [0, 0.1) is 5.41 Å². The highest BCUT2D eigenvalue weighted by molar-refractivity contribution is 7.99. The van der Waals surface area contributed by atoms with Gasteiger partial charge in [0.1, 0.15) is 0 Å². The van der Waals surface area contributed by atoms with E-state index in [1.807, 2.05) is 0 Å². The quantitative estimate of drug-likeness (QED) is 0.631. The Morgan fingerprint density at radius 3 is 3.00 bits per heavy atom. The van der Waals surface area contributed by atoms with Crippen LogP contribution in [0.4, 0.5) is 0 Å². The zero-order valence-corrected chi connectivity index (χ0v) is 10.4. The average Bonchev–Trinajstić information content (AvgIpc) is 3.08. The second-order valence-electron chi connectivity index (χ2n) is 4.27. The molecule has 2 rings (SSSR count). The molecule has 0 radical (unpaired) electrons. The fourth-order valence-electron chi connectivity index (χ4n) is 1.59. The van der Waals surface area contributed by atoms with Gasteiger partial charge in [-0.3, -0.25) is 9.59 Å². The van der Waals surface area contributed by atoms with Crippen molar-refractivity contribution in [3.63, 3.8) is 0 Å². The highest BCUT2D eigenvalue weighted by Crippen LogP contribution is 2.51. The Bertz CT molecular complexity index is 468. The van der Waals surface area contributed by atoms with Gasteiger partial charge in [-0.15, -0.1) is 11.8 Å². The van der Waals surface area contributed by atoms with Gasteiger partial charge in [0.05, 0.1) is 13.5 Å². The minimum atomic E-state index is -0.182. The number of carbonyl (C=O) groups is 1. The number of hydrogen-bond acceptors (Lipinski definition) is 5. The first kappa shape index (κ1) is 12.2. The molecular formula is C11H14N2O3S. The van der Waals surface area contributed by atoms with E-state index in [0.717, 1.165) is 18.6 Å². The van der Waals surface area contributed by atoms with Gasteiger partial charge in [-0.25, -0.2) is 4.98 Å². The molecule has 0 atom stereocenters. The predicted octanol–water partition coefficient (Wildman–Crippen LogP) is 1.21. The smallest absolute Gasteiger partial charge is 0.306 e. The van der Waals surface area contributed by atoms with Crippen LogP contribution in [0.2, 0.25) is 0 Å². The number of carbonyl (C=O) groups excluding carboxylic acids is 1. The summed E-state index contributed by atoms with van der Waals surface area (Å²) in [6.45, 7) is 0. The first-order chi connectivity index (χ1) is 8.15. The summed E-state index contributed by atoms with van der Waals surface area (Å²) in [5, 5.41) is 0.462. The molecule has 1 aliphatic carbocycles. The summed E-state index contributed by atoms with van der Waals surface area (Å²) in [7, 11) is 1.40. The molecule has 0 amide bonds. The van der Waals surface area contributed by atoms with Crippen LogP contribution in [0.5, 0.6) is 0 Å². The lowest BCUT2D eigenvalue weighted by Gasteiger charge is -2.11. The summed E-state index contributed by atoms with van der Waals surface area (Å²) in [5.74, 6) is 0.556. The molecule has 1 aromatic heterocycles. The molecule has 1 saturated carbocycles. The van der Waals surface area contributed by atoms with Crippen molar-refractivity contribution < 1.29 is 9.53 Å². The number of esters is 1. The topological polar surface area (TPSA) is 72.0 Å². The van der Waals surface area contributed by atoms with Crippen molar-refractivity contribution in [2.75, 3.05) is 12.9 Å². The van der Waals surface area contributed by atoms with Crippen LogP contribution in [-0.4, -0.2) is 28.8 Å². The Hall–Kier alpha value is -1.30. The number of nitrogens with one attached hydrogen (secondary N) is 1. The lowest BCUT2D eigenvalue weighted by atomic mass is 10.1. The second kappa shape index (κ2) is 4.91. The molecule has 0 spiro atoms. The van der Waals surface area contributed by atoms with Crippen LogP contribution in [0.1, 0.15) is 19.3 Å². The zero-order valence-electron chi connectivity index (χ0n) is 9.56. The van der Waals surface area contributed by atoms with E-state index in [-0.39, 0.29) is 16.9 Å². The Labute approximate surface area is 103 Å². The molecule has 0 bridgehead atoms. The molecule has 6 heteroatoms. The molecule has 0 aliphatic heterocycles. The largest absolute Gasteiger partial charge is 0.469 e. The number of aromatic amines is 1. The number of nitrogens with zero attached hydrogens (tertiary/aromatic N) is 1. The number of rotatable bonds is 5. The van der Waals surface area contributed by atoms with Crippen LogP contribution in [0.25, 0.3) is 0 Å². The predicted molar refractivity (Wildman–Crippen MR) is 63.9 cm³/mol. The molecule has 17 heavy (non-hydrogen) atoms. The number of H-pyrrole nitrogens is 1. The van der Waals surface area contributed by atoms with Crippen molar-refractivity contribution >= 4 is 17.7 Å². The Morgan fingerprint density at radius 2 is 2.41 bits per heavy atom. The summed E-state index contributed by atoms with van der Waals surface area (Å²) < 4.78 is 4.67. The fourth-order valence-corrected chi connectivity index (χ4v) is 2.75. The van der Waals surface area contributed by atoms with Crippen molar-refractivity contribution in [2.45, 2.75) is 24.3 Å². The van der Waals surface area contributed by atoms with Gasteiger partial charge in [0, 0.05) is 18.1 Å². The molecule has 92 valence electrons. The van der Waals surface area contributed by atoms with E-state index < -0.39 is 0 Å². The van der Waals surface area contributed by atoms with Crippen LogP contribution in [0.3, 0.4) is 0 Å². The molecule has 1 aliphatic rings. The van der Waals surface area contributed by atoms with Crippen molar-refractivity contribution in [3.8, 4) is 0 Å². The maximum Gasteiger partial charge on any atom is 0.306 e. The number of aromatic nitrogens is 2. The zero-order chi connectivity index (χ0) is 12.3. The number of ether oxygens (including phenoxy) is 1. The third-order valence-corrected chi connectivity index (χ3v) is 4.22. The summed E-state index contributed by atoms with van der Waals surface area (Å²) >= 11 is 1.41. The monoisotopic (exact) mass is 254 g/mol. The molecular weight excluding hydrogens is 240 g/mol. The van der Waals surface area contributed by atoms with E-state index in [4.69, 9.17) is 0 Å². The van der Waals surface area contributed by atoms with Gasteiger partial charge in [0.25, 0.3) is 5.56 Å². The standard InChI is InChI=1S/C11H14N2O3S/c1-16-8(14)6-11(2-3-11)7-17-10-9(15)12-4-5-13-10/h4-5H,2-3,6-7H2,1H3,(H,12,15). The Balaban J connectivity index is 1.92. The maximum atomic E-state index is 11.4. The van der Waals surface area contributed by atoms with Gasteiger partial charge in [0.15, 0.2) is 5.03 Å². The highest BCUT2D eigenvalue weighted by atomic mass is 32.2. The lowest BCUT2D eigenvalue weighted by Crippen LogP contribution is -2.15. The van der Waals surface area contributed by atoms with Crippen molar-refractivity contribution in [3.05, 3.63) is 22.7 Å². The third-order valence-electron chi connectivity index (χ3n) is 2.89. The van der Waals surface area contributed by atoms with Crippen molar-refractivity contribution in [1.82, 2.24) is 9.97 Å². The highest BCUT2D eigenvalue weighted by Gasteiger charge is 2.44. The van der Waals surface area contributed by atoms with Crippen LogP contribution in [-0.2, 0) is 9.53 Å². The molecule has 1 N–H and O–H groups in total. The minimum absolute atomic E-state index is 0.0156. The molecule has 1 aromatic rings. The summed E-state index contributed by atoms with van der Waals surface area (Å²) in [6.07, 6.45) is 5.53. The van der Waals surface area contributed by atoms with Crippen molar-refractivity contribution in [2.24, 2.45) is 5.41 Å². The molecule has 1 fully saturated rings. The SMILES string of the molecule is COC(=O)CC1(CSc2ncc[nH]c2=O)CC1. The molecule has 1 heterocycles. The van der Waals surface area contributed by atoms with E-state index in [9.17, 15) is 9.59 Å². The van der Waals surface area contributed by atoms with Crippen LogP contribution < -0.4 is 5.56 Å². The third kappa shape index (κ3) is 3.09. The Kier molecular flexibility index (Phi) is 3.51. The van der Waals surface area contributed by atoms with Gasteiger partial charge in [-0.05, 0) is 18.3 Å². The summed E-state index contributed by atoms with van der Waals surface area (Å²) in [5.41, 5.74) is -0.159. The van der Waals surface area contributed by atoms with E-state index >= 15 is 0 Å². The molecule has 5 nitrogen and oxygen atoms in total. The summed E-state index contributed by atoms with van der Waals surface area (Å²) in [6, 6.07) is 0. The normalized spacial score (nSPS) is 16.5.